The second-order valence-corrected chi connectivity index (χ2v) is 6.88. The van der Waals surface area contributed by atoms with E-state index in [9.17, 15) is 14.4 Å². The molecular formula is C22H39N3O4. The van der Waals surface area contributed by atoms with Crippen LogP contribution in [0.2, 0.25) is 0 Å². The normalized spacial score (nSPS) is 10.7. The zero-order valence-electron chi connectivity index (χ0n) is 19.2. The summed E-state index contributed by atoms with van der Waals surface area (Å²) in [5, 5.41) is 8.31. The molecule has 166 valence electrons. The summed E-state index contributed by atoms with van der Waals surface area (Å²) in [7, 11) is 0. The Labute approximate surface area is 176 Å². The number of nitrogens with one attached hydrogen (secondary N) is 3. The molecule has 1 aromatic carbocycles. The van der Waals surface area contributed by atoms with Gasteiger partial charge in [0, 0.05) is 24.7 Å². The van der Waals surface area contributed by atoms with Crippen molar-refractivity contribution in [3.63, 3.8) is 0 Å². The quantitative estimate of drug-likeness (QED) is 0.428. The van der Waals surface area contributed by atoms with Crippen LogP contribution in [0.25, 0.3) is 0 Å². The summed E-state index contributed by atoms with van der Waals surface area (Å²) in [6, 6.07) is 8.12. The van der Waals surface area contributed by atoms with Crippen LogP contribution in [0.5, 0.6) is 0 Å². The van der Waals surface area contributed by atoms with Gasteiger partial charge in [-0.15, -0.1) is 0 Å². The van der Waals surface area contributed by atoms with Gasteiger partial charge >= 0.3 is 5.97 Å². The van der Waals surface area contributed by atoms with Gasteiger partial charge in [-0.05, 0) is 30.5 Å². The second kappa shape index (κ2) is 17.7. The van der Waals surface area contributed by atoms with Crippen molar-refractivity contribution in [1.82, 2.24) is 10.6 Å². The molecule has 1 atom stereocenters. The number of hydrogen-bond donors (Lipinski definition) is 3. The Morgan fingerprint density at radius 2 is 1.59 bits per heavy atom. The number of anilines is 1. The molecule has 0 saturated heterocycles. The Kier molecular flexibility index (Phi) is 17.5. The van der Waals surface area contributed by atoms with E-state index in [-0.39, 0.29) is 25.0 Å². The molecular weight excluding hydrogens is 370 g/mol. The molecule has 0 aliphatic rings. The average Bonchev–Trinajstić information content (AvgIpc) is 2.67. The van der Waals surface area contributed by atoms with Gasteiger partial charge in [-0.3, -0.25) is 14.4 Å². The maximum Gasteiger partial charge on any atom is 0.302 e. The van der Waals surface area contributed by atoms with E-state index in [1.807, 2.05) is 13.8 Å². The predicted octanol–water partition coefficient (Wildman–Crippen LogP) is 3.49. The van der Waals surface area contributed by atoms with Crippen molar-refractivity contribution in [2.75, 3.05) is 11.9 Å². The third kappa shape index (κ3) is 17.4. The smallest absolute Gasteiger partial charge is 0.302 e. The highest BCUT2D eigenvalue weighted by Crippen LogP contribution is 2.10. The van der Waals surface area contributed by atoms with E-state index in [4.69, 9.17) is 4.74 Å². The maximum atomic E-state index is 11.3. The van der Waals surface area contributed by atoms with Crippen LogP contribution in [0.4, 0.5) is 5.69 Å². The highest BCUT2D eigenvalue weighted by atomic mass is 16.5. The fourth-order valence-corrected chi connectivity index (χ4v) is 1.93. The first kappa shape index (κ1) is 28.8. The molecule has 0 saturated carbocycles. The lowest BCUT2D eigenvalue weighted by molar-refractivity contribution is -0.142. The summed E-state index contributed by atoms with van der Waals surface area (Å²) in [6.45, 7) is 16.5. The van der Waals surface area contributed by atoms with Crippen LogP contribution in [0.15, 0.2) is 24.3 Å². The standard InChI is InChI=1S/C12H14N2O4.C8H19N.C2H6/c1-9(16)18-7-10-2-4-11(5-3-10)14-12(17)6-13-8-15;1-6(2)8(5)9-7(3)4;1-2/h2-5,8H,6-7H2,1H3,(H,13,15)(H,14,17);6-9H,1-5H3;1-2H3. The summed E-state index contributed by atoms with van der Waals surface area (Å²) in [4.78, 5) is 31.9. The first-order chi connectivity index (χ1) is 13.6. The average molecular weight is 410 g/mol. The number of ether oxygens (including phenoxy) is 1. The molecule has 0 aliphatic heterocycles. The van der Waals surface area contributed by atoms with Crippen LogP contribution in [0, 0.1) is 5.92 Å². The van der Waals surface area contributed by atoms with Gasteiger partial charge < -0.3 is 20.7 Å². The molecule has 29 heavy (non-hydrogen) atoms. The van der Waals surface area contributed by atoms with Gasteiger partial charge in [0.1, 0.15) is 6.61 Å². The number of amides is 2. The van der Waals surface area contributed by atoms with Crippen LogP contribution >= 0.6 is 0 Å². The van der Waals surface area contributed by atoms with Crippen LogP contribution < -0.4 is 16.0 Å². The van der Waals surface area contributed by atoms with Gasteiger partial charge in [0.15, 0.2) is 0 Å². The molecule has 7 heteroatoms. The summed E-state index contributed by atoms with van der Waals surface area (Å²) in [5.74, 6) is 0.0922. The predicted molar refractivity (Wildman–Crippen MR) is 119 cm³/mol. The van der Waals surface area contributed by atoms with Crippen molar-refractivity contribution in [1.29, 1.82) is 0 Å². The lowest BCUT2D eigenvalue weighted by atomic mass is 10.1. The highest BCUT2D eigenvalue weighted by molar-refractivity contribution is 5.93. The van der Waals surface area contributed by atoms with E-state index in [0.717, 1.165) is 11.5 Å². The van der Waals surface area contributed by atoms with E-state index in [1.165, 1.54) is 6.92 Å². The maximum absolute atomic E-state index is 11.3. The van der Waals surface area contributed by atoms with Crippen LogP contribution in [0.1, 0.15) is 61.0 Å². The van der Waals surface area contributed by atoms with Crippen molar-refractivity contribution in [2.24, 2.45) is 5.92 Å². The molecule has 0 radical (unpaired) electrons. The van der Waals surface area contributed by atoms with E-state index in [2.05, 4.69) is 50.6 Å². The highest BCUT2D eigenvalue weighted by Gasteiger charge is 2.06. The SMILES string of the molecule is CC.CC(=O)OCc1ccc(NC(=O)CNC=O)cc1.CC(C)NC(C)C(C)C. The monoisotopic (exact) mass is 409 g/mol. The largest absolute Gasteiger partial charge is 0.461 e. The number of hydrogen-bond acceptors (Lipinski definition) is 5. The van der Waals surface area contributed by atoms with E-state index < -0.39 is 0 Å². The van der Waals surface area contributed by atoms with E-state index >= 15 is 0 Å². The number of esters is 1. The molecule has 3 N–H and O–H groups in total. The third-order valence-electron chi connectivity index (χ3n) is 3.62. The first-order valence-electron chi connectivity index (χ1n) is 10.1. The Morgan fingerprint density at radius 1 is 1.03 bits per heavy atom. The molecule has 1 aromatic rings. The van der Waals surface area contributed by atoms with Crippen LogP contribution in [-0.4, -0.2) is 36.9 Å². The number of carbonyl (C=O) groups is 3. The Bertz CT molecular complexity index is 572. The molecule has 0 fully saturated rings. The van der Waals surface area contributed by atoms with Gasteiger partial charge in [-0.25, -0.2) is 0 Å². The number of carbonyl (C=O) groups excluding carboxylic acids is 3. The molecule has 0 aliphatic carbocycles. The van der Waals surface area contributed by atoms with Gasteiger partial charge in [-0.1, -0.05) is 53.7 Å². The van der Waals surface area contributed by atoms with Crippen molar-refractivity contribution < 1.29 is 19.1 Å². The van der Waals surface area contributed by atoms with Gasteiger partial charge in [0.2, 0.25) is 12.3 Å². The summed E-state index contributed by atoms with van der Waals surface area (Å²) < 4.78 is 4.83. The molecule has 0 spiro atoms. The van der Waals surface area contributed by atoms with Gasteiger partial charge in [-0.2, -0.15) is 0 Å². The summed E-state index contributed by atoms with van der Waals surface area (Å²) >= 11 is 0. The molecule has 1 rings (SSSR count). The first-order valence-corrected chi connectivity index (χ1v) is 10.1. The van der Waals surface area contributed by atoms with E-state index in [1.54, 1.807) is 24.3 Å². The third-order valence-corrected chi connectivity index (χ3v) is 3.62. The number of benzene rings is 1. The molecule has 1 unspecified atom stereocenters. The van der Waals surface area contributed by atoms with E-state index in [0.29, 0.717) is 24.2 Å². The number of rotatable bonds is 9. The minimum absolute atomic E-state index is 0.0707. The van der Waals surface area contributed by atoms with Crippen LogP contribution in [-0.2, 0) is 25.7 Å². The Balaban J connectivity index is 0. The fraction of sp³-hybridized carbons (Fsp3) is 0.591. The molecule has 0 aromatic heterocycles. The van der Waals surface area contributed by atoms with Gasteiger partial charge in [0.25, 0.3) is 0 Å². The minimum Gasteiger partial charge on any atom is -0.461 e. The molecule has 0 bridgehead atoms. The lowest BCUT2D eigenvalue weighted by Crippen LogP contribution is -2.35. The fourth-order valence-electron chi connectivity index (χ4n) is 1.93. The van der Waals surface area contributed by atoms with Crippen molar-refractivity contribution >= 4 is 24.0 Å². The molecule has 0 heterocycles. The summed E-state index contributed by atoms with van der Waals surface area (Å²) in [6.07, 6.45) is 0.460. The van der Waals surface area contributed by atoms with Crippen molar-refractivity contribution in [2.45, 2.75) is 74.1 Å². The van der Waals surface area contributed by atoms with Crippen molar-refractivity contribution in [3.05, 3.63) is 29.8 Å². The zero-order chi connectivity index (χ0) is 22.8. The van der Waals surface area contributed by atoms with Gasteiger partial charge in [0.05, 0.1) is 6.54 Å². The minimum atomic E-state index is -0.340. The van der Waals surface area contributed by atoms with Crippen molar-refractivity contribution in [3.8, 4) is 0 Å². The Hall–Kier alpha value is -2.41. The zero-order valence-corrected chi connectivity index (χ0v) is 19.2. The topological polar surface area (TPSA) is 96.5 Å². The molecule has 7 nitrogen and oxygen atoms in total. The lowest BCUT2D eigenvalue weighted by Gasteiger charge is -2.19. The second-order valence-electron chi connectivity index (χ2n) is 6.88. The summed E-state index contributed by atoms with van der Waals surface area (Å²) in [5.41, 5.74) is 1.44. The Morgan fingerprint density at radius 3 is 1.97 bits per heavy atom. The van der Waals surface area contributed by atoms with Crippen LogP contribution in [0.3, 0.4) is 0 Å². The molecule has 2 amide bonds.